The molecule has 0 aliphatic rings. The summed E-state index contributed by atoms with van der Waals surface area (Å²) in [4.78, 5) is 14.6. The predicted octanol–water partition coefficient (Wildman–Crippen LogP) is 4.13. The van der Waals surface area contributed by atoms with Gasteiger partial charge in [-0.25, -0.2) is 15.0 Å². The van der Waals surface area contributed by atoms with Crippen molar-refractivity contribution >= 4 is 17.3 Å². The Morgan fingerprint density at radius 3 is 2.74 bits per heavy atom. The zero-order chi connectivity index (χ0) is 19.0. The van der Waals surface area contributed by atoms with E-state index >= 15 is 0 Å². The number of aromatic nitrogens is 5. The van der Waals surface area contributed by atoms with Crippen molar-refractivity contribution in [2.24, 2.45) is 7.05 Å². The number of oxazole rings is 1. The van der Waals surface area contributed by atoms with Gasteiger partial charge in [0, 0.05) is 24.5 Å². The molecule has 8 heteroatoms. The Morgan fingerprint density at radius 2 is 2.04 bits per heavy atom. The number of aryl methyl sites for hydroxylation is 3. The summed E-state index contributed by atoms with van der Waals surface area (Å²) in [5.74, 6) is 1.99. The van der Waals surface area contributed by atoms with Crippen LogP contribution in [0.25, 0.3) is 22.0 Å². The number of nitrogens with one attached hydrogen (secondary N) is 1. The van der Waals surface area contributed by atoms with Gasteiger partial charge in [-0.2, -0.15) is 5.10 Å². The molecule has 4 aromatic heterocycles. The van der Waals surface area contributed by atoms with Gasteiger partial charge in [0.25, 0.3) is 0 Å². The summed E-state index contributed by atoms with van der Waals surface area (Å²) < 4.78 is 7.65. The van der Waals surface area contributed by atoms with Crippen molar-refractivity contribution in [3.8, 4) is 22.0 Å². The first kappa shape index (κ1) is 17.4. The molecule has 0 aromatic carbocycles. The number of hydrogen-bond acceptors (Lipinski definition) is 7. The molecule has 0 aliphatic heterocycles. The van der Waals surface area contributed by atoms with Gasteiger partial charge in [-0.05, 0) is 38.3 Å². The lowest BCUT2D eigenvalue weighted by Gasteiger charge is -2.06. The van der Waals surface area contributed by atoms with Crippen LogP contribution in [0.5, 0.6) is 0 Å². The van der Waals surface area contributed by atoms with E-state index in [1.54, 1.807) is 17.5 Å². The van der Waals surface area contributed by atoms with Crippen LogP contribution in [0.4, 0.5) is 5.95 Å². The van der Waals surface area contributed by atoms with Crippen molar-refractivity contribution in [2.75, 3.05) is 5.32 Å². The average molecular weight is 380 g/mol. The van der Waals surface area contributed by atoms with Gasteiger partial charge < -0.3 is 9.73 Å². The van der Waals surface area contributed by atoms with E-state index in [0.717, 1.165) is 39.0 Å². The summed E-state index contributed by atoms with van der Waals surface area (Å²) in [5.41, 5.74) is 4.77. The molecule has 0 amide bonds. The summed E-state index contributed by atoms with van der Waals surface area (Å²) in [6, 6.07) is 5.88. The van der Waals surface area contributed by atoms with Crippen LogP contribution in [-0.2, 0) is 13.6 Å². The van der Waals surface area contributed by atoms with Crippen LogP contribution < -0.4 is 5.32 Å². The fraction of sp³-hybridized carbons (Fsp3) is 0.263. The number of rotatable bonds is 5. The molecular weight excluding hydrogens is 360 g/mol. The topological polar surface area (TPSA) is 81.7 Å². The summed E-state index contributed by atoms with van der Waals surface area (Å²) in [5, 5.41) is 9.72. The normalized spacial score (nSPS) is 11.1. The van der Waals surface area contributed by atoms with Crippen molar-refractivity contribution in [2.45, 2.75) is 27.3 Å². The lowest BCUT2D eigenvalue weighted by atomic mass is 10.1. The Morgan fingerprint density at radius 1 is 1.19 bits per heavy atom. The van der Waals surface area contributed by atoms with Gasteiger partial charge in [-0.1, -0.05) is 6.07 Å². The zero-order valence-corrected chi connectivity index (χ0v) is 16.5. The average Bonchev–Trinajstić information content (AvgIpc) is 3.35. The molecule has 27 heavy (non-hydrogen) atoms. The lowest BCUT2D eigenvalue weighted by Crippen LogP contribution is -2.05. The third-order valence-electron chi connectivity index (χ3n) is 4.46. The summed E-state index contributed by atoms with van der Waals surface area (Å²) in [6.45, 7) is 6.44. The molecule has 0 bridgehead atoms. The molecule has 0 saturated carbocycles. The van der Waals surface area contributed by atoms with Crippen LogP contribution in [0.1, 0.15) is 22.8 Å². The van der Waals surface area contributed by atoms with Crippen LogP contribution >= 0.6 is 11.3 Å². The Labute approximate surface area is 161 Å². The first-order valence-corrected chi connectivity index (χ1v) is 9.48. The lowest BCUT2D eigenvalue weighted by molar-refractivity contribution is 0.541. The highest BCUT2D eigenvalue weighted by Crippen LogP contribution is 2.27. The third kappa shape index (κ3) is 3.35. The molecule has 7 nitrogen and oxygen atoms in total. The fourth-order valence-electron chi connectivity index (χ4n) is 2.99. The van der Waals surface area contributed by atoms with E-state index in [4.69, 9.17) is 4.42 Å². The molecule has 0 atom stereocenters. The predicted molar refractivity (Wildman–Crippen MR) is 106 cm³/mol. The smallest absolute Gasteiger partial charge is 0.236 e. The van der Waals surface area contributed by atoms with E-state index in [0.29, 0.717) is 18.4 Å². The molecule has 138 valence electrons. The number of nitrogens with zero attached hydrogens (tertiary/aromatic N) is 5. The SMILES string of the molecule is Cc1nn(C)c(C)c1-c1ccnc(NCc2nc(-c3cccs3)oc2C)n1. The van der Waals surface area contributed by atoms with Gasteiger partial charge in [0.1, 0.15) is 11.5 Å². The third-order valence-corrected chi connectivity index (χ3v) is 5.32. The summed E-state index contributed by atoms with van der Waals surface area (Å²) in [6.07, 6.45) is 1.75. The Balaban J connectivity index is 1.54. The van der Waals surface area contributed by atoms with Crippen molar-refractivity contribution in [3.05, 3.63) is 52.6 Å². The van der Waals surface area contributed by atoms with Crippen LogP contribution in [-0.4, -0.2) is 24.7 Å². The van der Waals surface area contributed by atoms with Gasteiger partial charge in [-0.3, -0.25) is 4.68 Å². The van der Waals surface area contributed by atoms with Crippen LogP contribution in [0.2, 0.25) is 0 Å². The minimum Gasteiger partial charge on any atom is -0.440 e. The molecule has 0 aliphatic carbocycles. The second-order valence-electron chi connectivity index (χ2n) is 6.29. The molecule has 0 saturated heterocycles. The molecule has 0 radical (unpaired) electrons. The number of anilines is 1. The van der Waals surface area contributed by atoms with Crippen LogP contribution in [0.15, 0.2) is 34.2 Å². The van der Waals surface area contributed by atoms with Crippen LogP contribution in [0.3, 0.4) is 0 Å². The number of hydrogen-bond donors (Lipinski definition) is 1. The highest BCUT2D eigenvalue weighted by molar-refractivity contribution is 7.13. The highest BCUT2D eigenvalue weighted by Gasteiger charge is 2.15. The minimum atomic E-state index is 0.495. The molecule has 1 N–H and O–H groups in total. The maximum atomic E-state index is 5.78. The van der Waals surface area contributed by atoms with E-state index in [1.807, 2.05) is 56.1 Å². The van der Waals surface area contributed by atoms with E-state index in [1.165, 1.54) is 0 Å². The van der Waals surface area contributed by atoms with Gasteiger partial charge in [0.05, 0.1) is 22.8 Å². The Bertz CT molecular complexity index is 1080. The van der Waals surface area contributed by atoms with Crippen molar-refractivity contribution in [3.63, 3.8) is 0 Å². The van der Waals surface area contributed by atoms with Gasteiger partial charge >= 0.3 is 0 Å². The maximum Gasteiger partial charge on any atom is 0.236 e. The quantitative estimate of drug-likeness (QED) is 0.561. The van der Waals surface area contributed by atoms with Crippen LogP contribution in [0, 0.1) is 20.8 Å². The zero-order valence-electron chi connectivity index (χ0n) is 15.6. The monoisotopic (exact) mass is 380 g/mol. The molecule has 0 fully saturated rings. The largest absolute Gasteiger partial charge is 0.440 e. The standard InChI is InChI=1S/C19H20N6OS/c1-11-17(12(2)25(4)24-11)14-7-8-20-19(23-14)21-10-15-13(3)26-18(22-15)16-6-5-9-27-16/h5-9H,10H2,1-4H3,(H,20,21,23). The maximum absolute atomic E-state index is 5.78. The second-order valence-corrected chi connectivity index (χ2v) is 7.24. The molecule has 4 aromatic rings. The molecular formula is C19H20N6OS. The van der Waals surface area contributed by atoms with E-state index in [2.05, 4.69) is 25.4 Å². The minimum absolute atomic E-state index is 0.495. The fourth-order valence-corrected chi connectivity index (χ4v) is 3.64. The van der Waals surface area contributed by atoms with E-state index in [-0.39, 0.29) is 0 Å². The first-order chi connectivity index (χ1) is 13.0. The Kier molecular flexibility index (Phi) is 4.49. The summed E-state index contributed by atoms with van der Waals surface area (Å²) in [7, 11) is 1.94. The first-order valence-electron chi connectivity index (χ1n) is 8.60. The van der Waals surface area contributed by atoms with E-state index in [9.17, 15) is 0 Å². The van der Waals surface area contributed by atoms with Crippen molar-refractivity contribution < 1.29 is 4.42 Å². The van der Waals surface area contributed by atoms with Gasteiger partial charge in [-0.15, -0.1) is 11.3 Å². The molecule has 0 spiro atoms. The van der Waals surface area contributed by atoms with Gasteiger partial charge in [0.2, 0.25) is 11.8 Å². The van der Waals surface area contributed by atoms with E-state index < -0.39 is 0 Å². The van der Waals surface area contributed by atoms with Crippen molar-refractivity contribution in [1.82, 2.24) is 24.7 Å². The molecule has 0 unspecified atom stereocenters. The second kappa shape index (κ2) is 6.96. The van der Waals surface area contributed by atoms with Crippen molar-refractivity contribution in [1.29, 1.82) is 0 Å². The number of thiophene rings is 1. The van der Waals surface area contributed by atoms with Gasteiger partial charge in [0.15, 0.2) is 0 Å². The highest BCUT2D eigenvalue weighted by atomic mass is 32.1. The molecule has 4 heterocycles. The summed E-state index contributed by atoms with van der Waals surface area (Å²) >= 11 is 1.61. The Hall–Kier alpha value is -3.00. The molecule has 4 rings (SSSR count).